The standard InChI is InChI=1S/C57H60BF16OSi2/c1-5-8-9-10-11-15-21-31-77(33-34-24-18-17-19-25-34,32-22-16-13-12-14-20-30-76(4,6-2)7-3)75-38-27-23-26-36-35(38)28-29-37(59)39(36)58(40-43(60)49(66)55(72)50(67)44(40)61,41-45(62)51(68)56(73)52(69)46(41)63)42-47(64)53(70)57(74)54(71)48(42)65/h17-19,23-29H,5-16,20-22,30-33H2,1-4H3/q-1. The highest BCUT2D eigenvalue weighted by atomic mass is 28.4. The van der Waals surface area contributed by atoms with Crippen LogP contribution in [0.2, 0.25) is 36.8 Å². The van der Waals surface area contributed by atoms with Crippen LogP contribution in [-0.4, -0.2) is 22.5 Å². The minimum absolute atomic E-state index is 0.245. The Morgan fingerprint density at radius 2 is 0.740 bits per heavy atom. The van der Waals surface area contributed by atoms with Gasteiger partial charge in [-0.15, -0.1) is 16.4 Å². The molecule has 0 N–H and O–H groups in total. The number of benzene rings is 6. The quantitative estimate of drug-likeness (QED) is 0.0164. The molecule has 77 heavy (non-hydrogen) atoms. The van der Waals surface area contributed by atoms with Gasteiger partial charge in [-0.05, 0) is 41.2 Å². The first-order chi connectivity index (χ1) is 36.6. The van der Waals surface area contributed by atoms with E-state index in [0.717, 1.165) is 94.4 Å². The van der Waals surface area contributed by atoms with Crippen molar-refractivity contribution >= 4 is 55.2 Å². The Kier molecular flexibility index (Phi) is 20.7. The van der Waals surface area contributed by atoms with Crippen molar-refractivity contribution in [1.82, 2.24) is 0 Å². The lowest BCUT2D eigenvalue weighted by Crippen LogP contribution is -2.80. The van der Waals surface area contributed by atoms with Crippen LogP contribution in [0.15, 0.2) is 60.7 Å². The number of hydrogen-bond acceptors (Lipinski definition) is 1. The number of unbranched alkanes of at least 4 members (excludes halogenated alkanes) is 11. The molecule has 1 atom stereocenters. The van der Waals surface area contributed by atoms with E-state index in [4.69, 9.17) is 4.43 Å². The summed E-state index contributed by atoms with van der Waals surface area (Å²) in [5.74, 6) is -49.9. The molecular formula is C57H60BF16OSi2-. The van der Waals surface area contributed by atoms with Gasteiger partial charge in [-0.3, -0.25) is 0 Å². The maximum Gasteiger partial charge on any atom is 0.255 e. The zero-order valence-corrected chi connectivity index (χ0v) is 45.2. The van der Waals surface area contributed by atoms with Crippen molar-refractivity contribution < 1.29 is 74.7 Å². The fourth-order valence-electron chi connectivity index (χ4n) is 11.1. The van der Waals surface area contributed by atoms with Crippen molar-refractivity contribution in [3.63, 3.8) is 0 Å². The SMILES string of the molecule is CCCCCCCCC[Si](CCCCCCCC[Si](C)(CC)CC)(Cc1ccccc1)Oc1cccc2c([B-](c3c(F)c(F)c(F)c(F)c3F)(c3c(F)c(F)c(F)c(F)c3F)c3c(F)c(F)c(F)c(F)c3F)c(F)ccc12. The number of halogens is 16. The van der Waals surface area contributed by atoms with Gasteiger partial charge in [0.1, 0.15) is 46.8 Å². The lowest BCUT2D eigenvalue weighted by Gasteiger charge is -2.45. The summed E-state index contributed by atoms with van der Waals surface area (Å²) < 4.78 is 264. The molecule has 0 aromatic heterocycles. The van der Waals surface area contributed by atoms with Crippen molar-refractivity contribution in [2.45, 2.75) is 147 Å². The van der Waals surface area contributed by atoms with Crippen molar-refractivity contribution in [3.8, 4) is 5.75 Å². The molecular weight excluding hydrogens is 1070 g/mol. The third-order valence-corrected chi connectivity index (χ3v) is 25.0. The van der Waals surface area contributed by atoms with Crippen LogP contribution in [-0.2, 0) is 6.04 Å². The summed E-state index contributed by atoms with van der Waals surface area (Å²) in [4.78, 5) is 0. The van der Waals surface area contributed by atoms with Crippen molar-refractivity contribution in [1.29, 1.82) is 0 Å². The van der Waals surface area contributed by atoms with Crippen molar-refractivity contribution in [2.75, 3.05) is 0 Å². The smallest absolute Gasteiger partial charge is 0.255 e. The van der Waals surface area contributed by atoms with Crippen LogP contribution in [0.1, 0.15) is 110 Å². The van der Waals surface area contributed by atoms with Crippen LogP contribution in [0.3, 0.4) is 0 Å². The Balaban J connectivity index is 1.67. The van der Waals surface area contributed by atoms with E-state index in [1.165, 1.54) is 24.2 Å². The largest absolute Gasteiger partial charge is 0.543 e. The van der Waals surface area contributed by atoms with E-state index >= 15 is 57.1 Å². The first kappa shape index (κ1) is 61.0. The molecule has 0 heterocycles. The Bertz CT molecular complexity index is 2790. The fourth-order valence-corrected chi connectivity index (χ4v) is 17.7. The highest BCUT2D eigenvalue weighted by Crippen LogP contribution is 2.37. The summed E-state index contributed by atoms with van der Waals surface area (Å²) in [6, 6.07) is 18.3. The monoisotopic (exact) mass is 1130 g/mol. The highest BCUT2D eigenvalue weighted by Gasteiger charge is 2.51. The summed E-state index contributed by atoms with van der Waals surface area (Å²) in [7, 11) is -4.62. The molecule has 0 amide bonds. The van der Waals surface area contributed by atoms with Gasteiger partial charge < -0.3 is 4.43 Å². The summed E-state index contributed by atoms with van der Waals surface area (Å²) in [5.41, 5.74) is -9.90. The second kappa shape index (κ2) is 26.1. The lowest BCUT2D eigenvalue weighted by molar-refractivity contribution is 0.380. The zero-order valence-electron chi connectivity index (χ0n) is 43.2. The van der Waals surface area contributed by atoms with Gasteiger partial charge in [0, 0.05) is 19.5 Å². The zero-order chi connectivity index (χ0) is 56.6. The van der Waals surface area contributed by atoms with Gasteiger partial charge in [-0.25, -0.2) is 70.2 Å². The molecule has 0 spiro atoms. The van der Waals surface area contributed by atoms with Crippen LogP contribution in [0, 0.1) is 93.1 Å². The molecule has 1 nitrogen and oxygen atoms in total. The van der Waals surface area contributed by atoms with E-state index in [9.17, 15) is 13.2 Å². The van der Waals surface area contributed by atoms with Gasteiger partial charge in [0.15, 0.2) is 52.4 Å². The van der Waals surface area contributed by atoms with Gasteiger partial charge in [-0.1, -0.05) is 171 Å². The van der Waals surface area contributed by atoms with E-state index < -0.39 is 148 Å². The molecule has 0 saturated carbocycles. The number of hydrogen-bond donors (Lipinski definition) is 0. The lowest BCUT2D eigenvalue weighted by atomic mass is 9.12. The molecule has 0 fully saturated rings. The van der Waals surface area contributed by atoms with Crippen LogP contribution < -0.4 is 26.3 Å². The maximum absolute atomic E-state index is 17.5. The molecule has 0 aliphatic rings. The van der Waals surface area contributed by atoms with Crippen LogP contribution in [0.25, 0.3) is 10.8 Å². The highest BCUT2D eigenvalue weighted by molar-refractivity contribution is 7.21. The predicted octanol–water partition coefficient (Wildman–Crippen LogP) is 16.8. The van der Waals surface area contributed by atoms with E-state index in [0.29, 0.717) is 37.0 Å². The van der Waals surface area contributed by atoms with Gasteiger partial charge in [0.2, 0.25) is 0 Å². The first-order valence-electron chi connectivity index (χ1n) is 26.2. The summed E-state index contributed by atoms with van der Waals surface area (Å²) in [6.07, 6.45) is 5.33. The maximum atomic E-state index is 17.5. The average Bonchev–Trinajstić information content (AvgIpc) is 3.58. The Morgan fingerprint density at radius 1 is 0.364 bits per heavy atom. The Labute approximate surface area is 440 Å². The minimum Gasteiger partial charge on any atom is -0.543 e. The number of rotatable bonds is 27. The Morgan fingerprint density at radius 3 is 1.14 bits per heavy atom. The number of fused-ring (bicyclic) bond motifs is 1. The molecule has 6 rings (SSSR count). The van der Waals surface area contributed by atoms with Gasteiger partial charge in [-0.2, -0.15) is 5.46 Å². The molecule has 418 valence electrons. The fraction of sp³-hybridized carbons (Fsp3) is 0.404. The third-order valence-electron chi connectivity index (χ3n) is 15.8. The molecule has 0 aliphatic carbocycles. The van der Waals surface area contributed by atoms with Gasteiger partial charge in [0.25, 0.3) is 8.32 Å². The summed E-state index contributed by atoms with van der Waals surface area (Å²) in [5, 5.41) is -1.52. The normalized spacial score (nSPS) is 13.0. The van der Waals surface area contributed by atoms with E-state index in [1.54, 1.807) is 18.2 Å². The predicted molar refractivity (Wildman–Crippen MR) is 276 cm³/mol. The molecule has 1 unspecified atom stereocenters. The summed E-state index contributed by atoms with van der Waals surface area (Å²) >= 11 is 0. The molecule has 6 aromatic rings. The van der Waals surface area contributed by atoms with E-state index in [1.807, 2.05) is 12.1 Å². The second-order valence-corrected chi connectivity index (χ2v) is 30.0. The molecule has 0 saturated heterocycles. The molecule has 0 bridgehead atoms. The summed E-state index contributed by atoms with van der Waals surface area (Å²) in [6.45, 7) is 8.97. The van der Waals surface area contributed by atoms with Gasteiger partial charge in [0.05, 0.1) is 5.82 Å². The molecule has 0 aliphatic heterocycles. The van der Waals surface area contributed by atoms with Gasteiger partial charge >= 0.3 is 0 Å². The second-order valence-electron chi connectivity index (χ2n) is 20.6. The van der Waals surface area contributed by atoms with Crippen molar-refractivity contribution in [3.05, 3.63) is 159 Å². The third kappa shape index (κ3) is 12.3. The van der Waals surface area contributed by atoms with E-state index in [2.05, 4.69) is 27.3 Å². The van der Waals surface area contributed by atoms with Crippen LogP contribution in [0.4, 0.5) is 70.2 Å². The molecule has 0 radical (unpaired) electrons. The van der Waals surface area contributed by atoms with Crippen molar-refractivity contribution in [2.24, 2.45) is 0 Å². The van der Waals surface area contributed by atoms with E-state index in [-0.39, 0.29) is 5.75 Å². The van der Waals surface area contributed by atoms with Crippen LogP contribution in [0.5, 0.6) is 5.75 Å². The Hall–Kier alpha value is -5.24. The first-order valence-corrected chi connectivity index (χ1v) is 31.9. The minimum atomic E-state index is -6.42. The molecule has 6 aromatic carbocycles. The van der Waals surface area contributed by atoms with Crippen LogP contribution >= 0.6 is 0 Å². The average molecular weight is 1130 g/mol. The molecule has 20 heteroatoms. The topological polar surface area (TPSA) is 9.23 Å².